The Bertz CT molecular complexity index is 1190. The van der Waals surface area contributed by atoms with Crippen LogP contribution in [0.3, 0.4) is 0 Å². The zero-order chi connectivity index (χ0) is 22.2. The van der Waals surface area contributed by atoms with E-state index in [1.165, 1.54) is 19.5 Å². The number of ether oxygens (including phenoxy) is 1. The Hall–Kier alpha value is -3.27. The Labute approximate surface area is 178 Å². The van der Waals surface area contributed by atoms with Gasteiger partial charge in [-0.05, 0) is 23.8 Å². The molecule has 11 heteroatoms. The number of fused-ring (bicyclic) bond motifs is 1. The molecule has 0 saturated carbocycles. The van der Waals surface area contributed by atoms with Crippen LogP contribution in [0.4, 0.5) is 18.9 Å². The number of hydrogen-bond acceptors (Lipinski definition) is 7. The smallest absolute Gasteiger partial charge is 0.416 e. The zero-order valence-electron chi connectivity index (χ0n) is 16.0. The molecule has 1 aromatic carbocycles. The van der Waals surface area contributed by atoms with Crippen molar-refractivity contribution in [3.05, 3.63) is 63.9 Å². The van der Waals surface area contributed by atoms with Crippen molar-refractivity contribution in [2.75, 3.05) is 7.11 Å². The molecule has 2 aromatic heterocycles. The molecule has 0 atom stereocenters. The Morgan fingerprint density at radius 1 is 1.26 bits per heavy atom. The van der Waals surface area contributed by atoms with E-state index in [2.05, 4.69) is 20.1 Å². The van der Waals surface area contributed by atoms with E-state index in [4.69, 9.17) is 20.9 Å². The van der Waals surface area contributed by atoms with Gasteiger partial charge in [0.15, 0.2) is 11.5 Å². The molecular weight excluding hydrogens is 437 g/mol. The summed E-state index contributed by atoms with van der Waals surface area (Å²) in [5.74, 6) is 0.130. The number of aliphatic imine (C=N–C) groups is 1. The topological polar surface area (TPSA) is 90.5 Å². The van der Waals surface area contributed by atoms with Crippen LogP contribution in [0.2, 0.25) is 5.02 Å². The summed E-state index contributed by atoms with van der Waals surface area (Å²) < 4.78 is 49.0. The molecule has 0 unspecified atom stereocenters. The number of ketones is 1. The highest BCUT2D eigenvalue weighted by Crippen LogP contribution is 2.36. The lowest BCUT2D eigenvalue weighted by atomic mass is 10.0. The van der Waals surface area contributed by atoms with Gasteiger partial charge in [-0.25, -0.2) is 15.0 Å². The fourth-order valence-electron chi connectivity index (χ4n) is 3.14. The summed E-state index contributed by atoms with van der Waals surface area (Å²) in [7, 11) is 1.38. The van der Waals surface area contributed by atoms with Crippen molar-refractivity contribution in [1.82, 2.24) is 15.1 Å². The van der Waals surface area contributed by atoms with Crippen LogP contribution in [0.15, 0.2) is 40.1 Å². The lowest BCUT2D eigenvalue weighted by Crippen LogP contribution is -2.07. The van der Waals surface area contributed by atoms with E-state index in [0.29, 0.717) is 28.4 Å². The number of Topliss-reactive ketones (excluding diaryl/α,β-unsaturated/α-hetero) is 1. The number of hydrogen-bond donors (Lipinski definition) is 0. The second-order valence-corrected chi connectivity index (χ2v) is 7.11. The van der Waals surface area contributed by atoms with Gasteiger partial charge in [-0.15, -0.1) is 0 Å². The van der Waals surface area contributed by atoms with E-state index in [0.717, 1.165) is 12.1 Å². The van der Waals surface area contributed by atoms with Gasteiger partial charge in [-0.1, -0.05) is 16.8 Å². The molecule has 0 fully saturated rings. The van der Waals surface area contributed by atoms with Gasteiger partial charge in [-0.2, -0.15) is 13.2 Å². The van der Waals surface area contributed by atoms with Crippen LogP contribution in [0.1, 0.15) is 39.5 Å². The van der Waals surface area contributed by atoms with Crippen molar-refractivity contribution < 1.29 is 27.2 Å². The number of aromatic nitrogens is 3. The number of benzene rings is 1. The Kier molecular flexibility index (Phi) is 5.48. The van der Waals surface area contributed by atoms with Crippen LogP contribution in [-0.4, -0.2) is 33.7 Å². The third-order valence-corrected chi connectivity index (χ3v) is 5.03. The van der Waals surface area contributed by atoms with Crippen LogP contribution < -0.4 is 4.74 Å². The monoisotopic (exact) mass is 450 g/mol. The van der Waals surface area contributed by atoms with Gasteiger partial charge in [0, 0.05) is 25.3 Å². The predicted molar refractivity (Wildman–Crippen MR) is 104 cm³/mol. The molecule has 0 N–H and O–H groups in total. The van der Waals surface area contributed by atoms with Crippen LogP contribution in [0.25, 0.3) is 0 Å². The van der Waals surface area contributed by atoms with E-state index < -0.39 is 11.7 Å². The fraction of sp³-hybridized carbons (Fsp3) is 0.250. The van der Waals surface area contributed by atoms with Crippen LogP contribution in [-0.2, 0) is 19.0 Å². The molecule has 4 rings (SSSR count). The molecule has 7 nitrogen and oxygen atoms in total. The standard InChI is InChI=1S/C20H14ClF3N4O3/c1-30-19-17(21)18(25-9-26-19)15(29)5-3-12-8-16(31-28-12)14-7-10-6-11(20(22,23)24)2-4-13(10)27-14/h2,4,6,8-9H,3,5,7H2,1H3. The third-order valence-electron chi connectivity index (χ3n) is 4.69. The van der Waals surface area contributed by atoms with Gasteiger partial charge < -0.3 is 9.26 Å². The van der Waals surface area contributed by atoms with Crippen molar-refractivity contribution in [2.45, 2.75) is 25.4 Å². The average molecular weight is 451 g/mol. The number of rotatable bonds is 6. The summed E-state index contributed by atoms with van der Waals surface area (Å²) in [6.45, 7) is 0. The predicted octanol–water partition coefficient (Wildman–Crippen LogP) is 4.64. The summed E-state index contributed by atoms with van der Waals surface area (Å²) in [4.78, 5) is 24.5. The molecule has 160 valence electrons. The second kappa shape index (κ2) is 8.10. The first-order chi connectivity index (χ1) is 14.8. The van der Waals surface area contributed by atoms with Crippen LogP contribution in [0, 0.1) is 0 Å². The molecule has 0 saturated heterocycles. The number of halogens is 4. The van der Waals surface area contributed by atoms with Gasteiger partial charge in [0.1, 0.15) is 17.0 Å². The number of aryl methyl sites for hydroxylation is 1. The maximum absolute atomic E-state index is 12.9. The molecule has 0 bridgehead atoms. The lowest BCUT2D eigenvalue weighted by Gasteiger charge is -2.07. The normalized spacial score (nSPS) is 13.1. The molecule has 0 amide bonds. The molecule has 0 radical (unpaired) electrons. The molecule has 1 aliphatic rings. The van der Waals surface area contributed by atoms with Gasteiger partial charge in [0.05, 0.1) is 29.8 Å². The summed E-state index contributed by atoms with van der Waals surface area (Å²) in [5, 5.41) is 3.96. The van der Waals surface area contributed by atoms with E-state index in [9.17, 15) is 18.0 Å². The largest absolute Gasteiger partial charge is 0.480 e. The average Bonchev–Trinajstić information content (AvgIpc) is 3.37. The van der Waals surface area contributed by atoms with Crippen molar-refractivity contribution in [3.63, 3.8) is 0 Å². The highest BCUT2D eigenvalue weighted by Gasteiger charge is 2.32. The minimum Gasteiger partial charge on any atom is -0.480 e. The molecule has 31 heavy (non-hydrogen) atoms. The number of nitrogens with zero attached hydrogens (tertiary/aromatic N) is 4. The third kappa shape index (κ3) is 4.29. The van der Waals surface area contributed by atoms with Gasteiger partial charge in [-0.3, -0.25) is 4.79 Å². The summed E-state index contributed by atoms with van der Waals surface area (Å²) in [5.41, 5.74) is 1.22. The Morgan fingerprint density at radius 3 is 2.81 bits per heavy atom. The van der Waals surface area contributed by atoms with Crippen LogP contribution >= 0.6 is 11.6 Å². The van der Waals surface area contributed by atoms with E-state index in [-0.39, 0.29) is 41.6 Å². The van der Waals surface area contributed by atoms with E-state index in [1.54, 1.807) is 6.07 Å². The molecule has 3 heterocycles. The van der Waals surface area contributed by atoms with Crippen molar-refractivity contribution >= 4 is 28.8 Å². The Balaban J connectivity index is 1.43. The summed E-state index contributed by atoms with van der Waals surface area (Å²) in [6.07, 6.45) is -2.72. The first kappa shape index (κ1) is 21.0. The minimum absolute atomic E-state index is 0.0344. The first-order valence-electron chi connectivity index (χ1n) is 9.07. The van der Waals surface area contributed by atoms with Gasteiger partial charge >= 0.3 is 6.18 Å². The number of alkyl halides is 3. The van der Waals surface area contributed by atoms with E-state index >= 15 is 0 Å². The maximum Gasteiger partial charge on any atom is 0.416 e. The van der Waals surface area contributed by atoms with Crippen LogP contribution in [0.5, 0.6) is 5.88 Å². The van der Waals surface area contributed by atoms with E-state index in [1.807, 2.05) is 0 Å². The maximum atomic E-state index is 12.9. The quantitative estimate of drug-likeness (QED) is 0.508. The van der Waals surface area contributed by atoms with Gasteiger partial charge in [0.25, 0.3) is 0 Å². The van der Waals surface area contributed by atoms with Gasteiger partial charge in [0.2, 0.25) is 5.88 Å². The van der Waals surface area contributed by atoms with Crippen molar-refractivity contribution in [2.24, 2.45) is 4.99 Å². The highest BCUT2D eigenvalue weighted by atomic mass is 35.5. The SMILES string of the molecule is COc1ncnc(C(=O)CCc2cc(C3=Nc4ccc(C(F)(F)F)cc4C3)on2)c1Cl. The molecule has 3 aromatic rings. The molecular formula is C20H14ClF3N4O3. The second-order valence-electron chi connectivity index (χ2n) is 6.73. The summed E-state index contributed by atoms with van der Waals surface area (Å²) >= 11 is 6.07. The number of methoxy groups -OCH3 is 1. The zero-order valence-corrected chi connectivity index (χ0v) is 16.8. The number of carbonyl (C=O) groups is 1. The lowest BCUT2D eigenvalue weighted by molar-refractivity contribution is -0.137. The fourth-order valence-corrected chi connectivity index (χ4v) is 3.42. The molecule has 0 spiro atoms. The van der Waals surface area contributed by atoms with Crippen molar-refractivity contribution in [3.8, 4) is 5.88 Å². The highest BCUT2D eigenvalue weighted by molar-refractivity contribution is 6.34. The summed E-state index contributed by atoms with van der Waals surface area (Å²) in [6, 6.07) is 5.03. The Morgan fingerprint density at radius 2 is 2.06 bits per heavy atom. The molecule has 1 aliphatic heterocycles. The first-order valence-corrected chi connectivity index (χ1v) is 9.45. The minimum atomic E-state index is -4.42. The number of carbonyl (C=O) groups excluding carboxylic acids is 1. The molecule has 0 aliphatic carbocycles. The van der Waals surface area contributed by atoms with Crippen molar-refractivity contribution in [1.29, 1.82) is 0 Å².